The molecular formula is C12H20N4O. The molecule has 1 aromatic rings. The third-order valence-corrected chi connectivity index (χ3v) is 2.98. The van der Waals surface area contributed by atoms with Crippen molar-refractivity contribution in [3.8, 4) is 5.88 Å². The molecule has 2 N–H and O–H groups in total. The molecule has 5 heteroatoms. The number of anilines is 1. The van der Waals surface area contributed by atoms with E-state index in [0.717, 1.165) is 31.2 Å². The highest BCUT2D eigenvalue weighted by molar-refractivity contribution is 5.38. The van der Waals surface area contributed by atoms with Crippen LogP contribution < -0.4 is 15.4 Å². The highest BCUT2D eigenvalue weighted by Gasteiger charge is 2.13. The number of hydrogen-bond donors (Lipinski definition) is 2. The van der Waals surface area contributed by atoms with Gasteiger partial charge in [0.1, 0.15) is 11.6 Å². The van der Waals surface area contributed by atoms with Gasteiger partial charge in [-0.2, -0.15) is 4.98 Å². The van der Waals surface area contributed by atoms with Crippen LogP contribution in [0.5, 0.6) is 5.88 Å². The molecule has 0 aliphatic carbocycles. The Kier molecular flexibility index (Phi) is 4.14. The van der Waals surface area contributed by atoms with E-state index >= 15 is 0 Å². The standard InChI is InChI=1S/C12H20N4O/c1-9-15-11(8-12(16-9)17-2)14-7-5-10-4-3-6-13-10/h8,10,13H,3-7H2,1-2H3,(H,14,15,16)/t10-/m0/s1. The summed E-state index contributed by atoms with van der Waals surface area (Å²) in [7, 11) is 1.62. The predicted octanol–water partition coefficient (Wildman–Crippen LogP) is 1.35. The van der Waals surface area contributed by atoms with Crippen LogP contribution in [0.4, 0.5) is 5.82 Å². The highest BCUT2D eigenvalue weighted by Crippen LogP contribution is 2.13. The summed E-state index contributed by atoms with van der Waals surface area (Å²) in [5.74, 6) is 2.18. The Morgan fingerprint density at radius 2 is 2.41 bits per heavy atom. The van der Waals surface area contributed by atoms with E-state index in [1.54, 1.807) is 7.11 Å². The lowest BCUT2D eigenvalue weighted by Gasteiger charge is -2.11. The molecule has 0 unspecified atom stereocenters. The van der Waals surface area contributed by atoms with Crippen molar-refractivity contribution >= 4 is 5.82 Å². The van der Waals surface area contributed by atoms with E-state index in [-0.39, 0.29) is 0 Å². The van der Waals surface area contributed by atoms with Crippen LogP contribution in [0.3, 0.4) is 0 Å². The van der Waals surface area contributed by atoms with E-state index in [4.69, 9.17) is 4.74 Å². The Bertz CT molecular complexity index is 364. The Balaban J connectivity index is 1.83. The normalized spacial score (nSPS) is 19.3. The number of aryl methyl sites for hydroxylation is 1. The van der Waals surface area contributed by atoms with Gasteiger partial charge in [-0.25, -0.2) is 4.98 Å². The summed E-state index contributed by atoms with van der Waals surface area (Å²) in [5, 5.41) is 6.80. The number of aromatic nitrogens is 2. The molecule has 1 aromatic heterocycles. The second-order valence-electron chi connectivity index (χ2n) is 4.35. The van der Waals surface area contributed by atoms with Crippen LogP contribution >= 0.6 is 0 Å². The quantitative estimate of drug-likeness (QED) is 0.808. The molecule has 0 radical (unpaired) electrons. The zero-order valence-corrected chi connectivity index (χ0v) is 10.5. The van der Waals surface area contributed by atoms with E-state index in [1.165, 1.54) is 12.8 Å². The molecule has 17 heavy (non-hydrogen) atoms. The molecule has 2 rings (SSSR count). The van der Waals surface area contributed by atoms with Crippen LogP contribution in [0.25, 0.3) is 0 Å². The number of ether oxygens (including phenoxy) is 1. The van der Waals surface area contributed by atoms with Gasteiger partial charge in [0, 0.05) is 18.7 Å². The molecule has 94 valence electrons. The lowest BCUT2D eigenvalue weighted by atomic mass is 10.1. The van der Waals surface area contributed by atoms with Crippen molar-refractivity contribution in [2.45, 2.75) is 32.2 Å². The zero-order chi connectivity index (χ0) is 12.1. The number of rotatable bonds is 5. The first-order valence-corrected chi connectivity index (χ1v) is 6.15. The topological polar surface area (TPSA) is 59.1 Å². The smallest absolute Gasteiger partial charge is 0.218 e. The van der Waals surface area contributed by atoms with Crippen molar-refractivity contribution in [2.24, 2.45) is 0 Å². The van der Waals surface area contributed by atoms with Crippen molar-refractivity contribution in [3.05, 3.63) is 11.9 Å². The van der Waals surface area contributed by atoms with E-state index in [0.29, 0.717) is 11.9 Å². The lowest BCUT2D eigenvalue weighted by Crippen LogP contribution is -2.24. The summed E-state index contributed by atoms with van der Waals surface area (Å²) in [6.07, 6.45) is 3.71. The van der Waals surface area contributed by atoms with Gasteiger partial charge in [-0.1, -0.05) is 0 Å². The van der Waals surface area contributed by atoms with Crippen LogP contribution in [0.2, 0.25) is 0 Å². The predicted molar refractivity (Wildman–Crippen MR) is 67.5 cm³/mol. The first kappa shape index (κ1) is 12.1. The van der Waals surface area contributed by atoms with Crippen LogP contribution in [0.1, 0.15) is 25.1 Å². The summed E-state index contributed by atoms with van der Waals surface area (Å²) < 4.78 is 5.11. The molecule has 1 aliphatic heterocycles. The minimum absolute atomic E-state index is 0.610. The molecule has 2 heterocycles. The van der Waals surface area contributed by atoms with Crippen molar-refractivity contribution in [3.63, 3.8) is 0 Å². The molecule has 0 bridgehead atoms. The Hall–Kier alpha value is -1.36. The lowest BCUT2D eigenvalue weighted by molar-refractivity contribution is 0.396. The Morgan fingerprint density at radius 1 is 1.53 bits per heavy atom. The van der Waals surface area contributed by atoms with Gasteiger partial charge in [0.15, 0.2) is 0 Å². The molecule has 0 saturated carbocycles. The average Bonchev–Trinajstić information content (AvgIpc) is 2.81. The van der Waals surface area contributed by atoms with Gasteiger partial charge in [-0.15, -0.1) is 0 Å². The Labute approximate surface area is 102 Å². The van der Waals surface area contributed by atoms with Gasteiger partial charge < -0.3 is 15.4 Å². The number of nitrogens with one attached hydrogen (secondary N) is 2. The van der Waals surface area contributed by atoms with Crippen LogP contribution in [0.15, 0.2) is 6.07 Å². The SMILES string of the molecule is COc1cc(NCC[C@@H]2CCCN2)nc(C)n1. The third-order valence-electron chi connectivity index (χ3n) is 2.98. The first-order valence-electron chi connectivity index (χ1n) is 6.15. The third kappa shape index (κ3) is 3.56. The maximum atomic E-state index is 5.11. The van der Waals surface area contributed by atoms with Gasteiger partial charge >= 0.3 is 0 Å². The molecule has 5 nitrogen and oxygen atoms in total. The number of hydrogen-bond acceptors (Lipinski definition) is 5. The first-order chi connectivity index (χ1) is 8.28. The zero-order valence-electron chi connectivity index (χ0n) is 10.5. The number of methoxy groups -OCH3 is 1. The maximum Gasteiger partial charge on any atom is 0.218 e. The minimum atomic E-state index is 0.610. The number of nitrogens with zero attached hydrogens (tertiary/aromatic N) is 2. The van der Waals surface area contributed by atoms with Crippen LogP contribution in [0, 0.1) is 6.92 Å². The second-order valence-corrected chi connectivity index (χ2v) is 4.35. The molecule has 1 atom stereocenters. The second kappa shape index (κ2) is 5.82. The molecular weight excluding hydrogens is 216 g/mol. The molecule has 1 aliphatic rings. The van der Waals surface area contributed by atoms with Crippen LogP contribution in [-0.4, -0.2) is 36.2 Å². The summed E-state index contributed by atoms with van der Waals surface area (Å²) >= 11 is 0. The largest absolute Gasteiger partial charge is 0.481 e. The van der Waals surface area contributed by atoms with Crippen molar-refractivity contribution in [2.75, 3.05) is 25.5 Å². The van der Waals surface area contributed by atoms with Gasteiger partial charge in [0.25, 0.3) is 0 Å². The fraction of sp³-hybridized carbons (Fsp3) is 0.667. The van der Waals surface area contributed by atoms with Crippen LogP contribution in [-0.2, 0) is 0 Å². The van der Waals surface area contributed by atoms with E-state index in [1.807, 2.05) is 13.0 Å². The van der Waals surface area contributed by atoms with E-state index in [9.17, 15) is 0 Å². The maximum absolute atomic E-state index is 5.11. The van der Waals surface area contributed by atoms with Gasteiger partial charge in [-0.05, 0) is 32.7 Å². The fourth-order valence-corrected chi connectivity index (χ4v) is 2.11. The van der Waals surface area contributed by atoms with Gasteiger partial charge in [-0.3, -0.25) is 0 Å². The monoisotopic (exact) mass is 236 g/mol. The summed E-state index contributed by atoms with van der Waals surface area (Å²) in [6, 6.07) is 2.49. The van der Waals surface area contributed by atoms with Crippen molar-refractivity contribution < 1.29 is 4.74 Å². The van der Waals surface area contributed by atoms with Crippen molar-refractivity contribution in [1.82, 2.24) is 15.3 Å². The molecule has 0 amide bonds. The van der Waals surface area contributed by atoms with Gasteiger partial charge in [0.2, 0.25) is 5.88 Å². The summed E-state index contributed by atoms with van der Waals surface area (Å²) in [4.78, 5) is 8.48. The summed E-state index contributed by atoms with van der Waals surface area (Å²) in [6.45, 7) is 3.95. The molecule has 0 aromatic carbocycles. The van der Waals surface area contributed by atoms with E-state index in [2.05, 4.69) is 20.6 Å². The van der Waals surface area contributed by atoms with E-state index < -0.39 is 0 Å². The fourth-order valence-electron chi connectivity index (χ4n) is 2.11. The molecule has 1 fully saturated rings. The molecule has 1 saturated heterocycles. The minimum Gasteiger partial charge on any atom is -0.481 e. The van der Waals surface area contributed by atoms with Gasteiger partial charge in [0.05, 0.1) is 7.11 Å². The highest BCUT2D eigenvalue weighted by atomic mass is 16.5. The summed E-state index contributed by atoms with van der Waals surface area (Å²) in [5.41, 5.74) is 0. The molecule has 0 spiro atoms. The van der Waals surface area contributed by atoms with Crippen molar-refractivity contribution in [1.29, 1.82) is 0 Å². The Morgan fingerprint density at radius 3 is 3.12 bits per heavy atom. The average molecular weight is 236 g/mol.